The monoisotopic (exact) mass is 915 g/mol. The van der Waals surface area contributed by atoms with Crippen molar-refractivity contribution in [2.24, 2.45) is 0 Å². The first kappa shape index (κ1) is 44.9. The summed E-state index contributed by atoms with van der Waals surface area (Å²) in [5.41, 5.74) is 9.44. The minimum Gasteiger partial charge on any atom is -0.423 e. The number of para-hydroxylation sites is 3. The summed E-state index contributed by atoms with van der Waals surface area (Å²) in [7, 11) is 0. The summed E-state index contributed by atoms with van der Waals surface area (Å²) in [6, 6.07) is 48.9. The molecule has 0 amide bonds. The second-order valence-electron chi connectivity index (χ2n) is 19.5. The molecule has 0 radical (unpaired) electrons. The number of fused-ring (bicyclic) bond motifs is 3. The molecule has 69 heavy (non-hydrogen) atoms. The number of aromatic nitrogens is 6. The van der Waals surface area contributed by atoms with Gasteiger partial charge in [0.15, 0.2) is 16.7 Å². The first-order chi connectivity index (χ1) is 33.2. The Kier molecular flexibility index (Phi) is 11.5. The molecule has 12 nitrogen and oxygen atoms in total. The van der Waals surface area contributed by atoms with Gasteiger partial charge in [0.1, 0.15) is 16.6 Å². The zero-order valence-electron chi connectivity index (χ0n) is 40.7. The minimum atomic E-state index is -0.0663. The Balaban J connectivity index is 1.24. The van der Waals surface area contributed by atoms with Gasteiger partial charge in [-0.25, -0.2) is 14.7 Å². The highest BCUT2D eigenvalue weighted by Gasteiger charge is 2.32. The fourth-order valence-corrected chi connectivity index (χ4v) is 8.22. The van der Waals surface area contributed by atoms with E-state index in [1.807, 2.05) is 124 Å². The van der Waals surface area contributed by atoms with E-state index in [0.29, 0.717) is 50.4 Å². The van der Waals surface area contributed by atoms with Crippen LogP contribution in [0.4, 0.5) is 53.0 Å². The van der Waals surface area contributed by atoms with Crippen molar-refractivity contribution in [3.05, 3.63) is 162 Å². The zero-order valence-corrected chi connectivity index (χ0v) is 40.7. The Morgan fingerprint density at radius 1 is 0.348 bits per heavy atom. The number of rotatable bonds is 15. The highest BCUT2D eigenvalue weighted by molar-refractivity contribution is 5.83. The second kappa shape index (κ2) is 17.7. The zero-order chi connectivity index (χ0) is 48.1. The lowest BCUT2D eigenvalue weighted by molar-refractivity contribution is 0.506. The molecule has 0 aliphatic rings. The number of oxazole rings is 3. The van der Waals surface area contributed by atoms with Gasteiger partial charge in [0.05, 0.1) is 17.1 Å². The van der Waals surface area contributed by atoms with Crippen molar-refractivity contribution in [3.8, 4) is 0 Å². The fraction of sp³-hybridized carbons (Fsp3) is 0.263. The molecule has 6 aromatic carbocycles. The third-order valence-electron chi connectivity index (χ3n) is 13.9. The van der Waals surface area contributed by atoms with Gasteiger partial charge in [-0.1, -0.05) is 135 Å². The predicted molar refractivity (Wildman–Crippen MR) is 277 cm³/mol. The highest BCUT2D eigenvalue weighted by Crippen LogP contribution is 2.43. The Morgan fingerprint density at radius 2 is 0.609 bits per heavy atom. The molecule has 4 aromatic heterocycles. The molecule has 0 spiro atoms. The second-order valence-corrected chi connectivity index (χ2v) is 19.5. The standard InChI is InChI=1S/C57H57N9O3/c1-10-55(4,5)37-28-31-46-43(34-37)58-52(67-46)64(40-22-16-13-17-23-40)49-61-50(65(41-24-18-14-19-25-41)53-59-44-35-38(56(6,7)11-2)29-32-47(44)68-53)63-51(62-49)66(42-26-20-15-21-27-42)54-60-45-36-39(57(8,9)12-3)30-33-48(45)69-54/h13-36H,10-12H2,1-9H3. The Morgan fingerprint density at radius 3 is 0.855 bits per heavy atom. The normalized spacial score (nSPS) is 12.3. The molecule has 12 heteroatoms. The number of nitrogens with zero attached hydrogens (tertiary/aromatic N) is 9. The first-order valence-corrected chi connectivity index (χ1v) is 23.8. The van der Waals surface area contributed by atoms with Gasteiger partial charge in [-0.2, -0.15) is 29.9 Å². The predicted octanol–water partition coefficient (Wildman–Crippen LogP) is 15.8. The first-order valence-electron chi connectivity index (χ1n) is 23.8. The Labute approximate surface area is 402 Å². The summed E-state index contributed by atoms with van der Waals surface area (Å²) in [4.78, 5) is 36.9. The van der Waals surface area contributed by atoms with E-state index in [9.17, 15) is 0 Å². The van der Waals surface area contributed by atoms with Crippen molar-refractivity contribution < 1.29 is 13.3 Å². The van der Waals surface area contributed by atoms with E-state index in [1.54, 1.807) is 0 Å². The number of anilines is 9. The third kappa shape index (κ3) is 8.56. The molecule has 10 rings (SSSR count). The molecule has 0 N–H and O–H groups in total. The van der Waals surface area contributed by atoms with Crippen LogP contribution >= 0.6 is 0 Å². The van der Waals surface area contributed by atoms with E-state index in [4.69, 9.17) is 43.2 Å². The van der Waals surface area contributed by atoms with Gasteiger partial charge in [0.25, 0.3) is 0 Å². The largest absolute Gasteiger partial charge is 0.423 e. The van der Waals surface area contributed by atoms with Crippen molar-refractivity contribution in [3.63, 3.8) is 0 Å². The van der Waals surface area contributed by atoms with Crippen molar-refractivity contribution in [1.29, 1.82) is 0 Å². The molecular formula is C57H57N9O3. The molecule has 0 atom stereocenters. The molecule has 10 aromatic rings. The molecule has 0 fully saturated rings. The molecular weight excluding hydrogens is 859 g/mol. The molecule has 0 unspecified atom stereocenters. The van der Waals surface area contributed by atoms with Gasteiger partial charge in [0.2, 0.25) is 17.8 Å². The summed E-state index contributed by atoms with van der Waals surface area (Å²) in [5, 5.41) is 0. The van der Waals surface area contributed by atoms with Gasteiger partial charge < -0.3 is 13.3 Å². The molecule has 4 heterocycles. The smallest absolute Gasteiger partial charge is 0.310 e. The summed E-state index contributed by atoms with van der Waals surface area (Å²) in [6.07, 6.45) is 2.88. The van der Waals surface area contributed by atoms with E-state index < -0.39 is 0 Å². The van der Waals surface area contributed by atoms with Crippen LogP contribution in [-0.2, 0) is 16.2 Å². The van der Waals surface area contributed by atoms with E-state index in [0.717, 1.165) is 36.0 Å². The number of hydrogen-bond acceptors (Lipinski definition) is 12. The average Bonchev–Trinajstić information content (AvgIpc) is 4.11. The third-order valence-corrected chi connectivity index (χ3v) is 13.9. The van der Waals surface area contributed by atoms with E-state index >= 15 is 0 Å². The molecule has 0 aliphatic heterocycles. The molecule has 0 saturated carbocycles. The van der Waals surface area contributed by atoms with Crippen molar-refractivity contribution in [2.45, 2.75) is 97.8 Å². The van der Waals surface area contributed by atoms with Gasteiger partial charge in [-0.3, -0.25) is 0 Å². The topological polar surface area (TPSA) is 126 Å². The quantitative estimate of drug-likeness (QED) is 0.0971. The van der Waals surface area contributed by atoms with Crippen LogP contribution in [0.2, 0.25) is 0 Å². The number of benzene rings is 6. The van der Waals surface area contributed by atoms with Crippen LogP contribution in [0, 0.1) is 0 Å². The lowest BCUT2D eigenvalue weighted by Crippen LogP contribution is -2.22. The lowest BCUT2D eigenvalue weighted by atomic mass is 9.82. The van der Waals surface area contributed by atoms with Gasteiger partial charge in [0, 0.05) is 0 Å². The van der Waals surface area contributed by atoms with Crippen LogP contribution in [0.3, 0.4) is 0 Å². The average molecular weight is 916 g/mol. The summed E-state index contributed by atoms with van der Waals surface area (Å²) in [5.74, 6) is 0.611. The van der Waals surface area contributed by atoms with Crippen LogP contribution in [0.1, 0.15) is 98.3 Å². The maximum absolute atomic E-state index is 6.68. The van der Waals surface area contributed by atoms with E-state index in [1.165, 1.54) is 0 Å². The van der Waals surface area contributed by atoms with Crippen molar-refractivity contribution in [1.82, 2.24) is 29.9 Å². The SMILES string of the molecule is CCC(C)(C)c1ccc2oc(N(c3ccccc3)c3nc(N(c4ccccc4)c4nc5cc(C(C)(C)CC)ccc5o4)nc(N(c4ccccc4)c4nc5cc(C(C)(C)CC)ccc5o4)n3)nc2c1. The van der Waals surface area contributed by atoms with Crippen LogP contribution in [0.25, 0.3) is 33.3 Å². The summed E-state index contributed by atoms with van der Waals surface area (Å²) < 4.78 is 20.0. The number of hydrogen-bond donors (Lipinski definition) is 0. The molecule has 348 valence electrons. The molecule has 0 aliphatic carbocycles. The van der Waals surface area contributed by atoms with Crippen LogP contribution in [0.5, 0.6) is 0 Å². The molecule has 0 bridgehead atoms. The van der Waals surface area contributed by atoms with Gasteiger partial charge in [-0.15, -0.1) is 0 Å². The molecule has 0 saturated heterocycles. The van der Waals surface area contributed by atoms with Crippen molar-refractivity contribution >= 4 is 86.3 Å². The van der Waals surface area contributed by atoms with Crippen LogP contribution in [-0.4, -0.2) is 29.9 Å². The lowest BCUT2D eigenvalue weighted by Gasteiger charge is -2.25. The van der Waals surface area contributed by atoms with E-state index in [2.05, 4.69) is 98.7 Å². The Hall–Kier alpha value is -7.86. The minimum absolute atomic E-state index is 0.0663. The van der Waals surface area contributed by atoms with Crippen LogP contribution < -0.4 is 14.7 Å². The summed E-state index contributed by atoms with van der Waals surface area (Å²) >= 11 is 0. The highest BCUT2D eigenvalue weighted by atomic mass is 16.4. The van der Waals surface area contributed by atoms with Gasteiger partial charge in [-0.05, 0) is 125 Å². The summed E-state index contributed by atoms with van der Waals surface area (Å²) in [6.45, 7) is 20.0. The van der Waals surface area contributed by atoms with E-state index in [-0.39, 0.29) is 52.1 Å². The Bertz CT molecular complexity index is 3040. The van der Waals surface area contributed by atoms with Crippen LogP contribution in [0.15, 0.2) is 159 Å². The maximum Gasteiger partial charge on any atom is 0.310 e. The van der Waals surface area contributed by atoms with Crippen molar-refractivity contribution in [2.75, 3.05) is 14.7 Å². The van der Waals surface area contributed by atoms with Gasteiger partial charge >= 0.3 is 18.0 Å². The maximum atomic E-state index is 6.68. The fourth-order valence-electron chi connectivity index (χ4n) is 8.22.